The van der Waals surface area contributed by atoms with Crippen molar-refractivity contribution in [1.82, 2.24) is 5.06 Å². The first kappa shape index (κ1) is 25.5. The number of hydroxylamine groups is 2. The first-order valence-electron chi connectivity index (χ1n) is 12.8. The van der Waals surface area contributed by atoms with E-state index in [1.54, 1.807) is 12.6 Å². The molecule has 5 nitrogen and oxygen atoms in total. The zero-order valence-corrected chi connectivity index (χ0v) is 20.7. The van der Waals surface area contributed by atoms with Gasteiger partial charge in [-0.05, 0) is 81.0 Å². The van der Waals surface area contributed by atoms with Crippen LogP contribution in [0.1, 0.15) is 90.9 Å². The molecule has 5 heteroatoms. The lowest BCUT2D eigenvalue weighted by Gasteiger charge is -2.44. The minimum Gasteiger partial charge on any atom is -0.393 e. The summed E-state index contributed by atoms with van der Waals surface area (Å²) in [7, 11) is 3.20. The topological polar surface area (TPSA) is 70.0 Å². The normalized spacial score (nSPS) is 34.9. The van der Waals surface area contributed by atoms with Crippen molar-refractivity contribution in [3.05, 3.63) is 23.3 Å². The van der Waals surface area contributed by atoms with Gasteiger partial charge in [-0.2, -0.15) is 0 Å². The molecule has 0 unspecified atom stereocenters. The fourth-order valence-corrected chi connectivity index (χ4v) is 6.95. The van der Waals surface area contributed by atoms with Crippen LogP contribution in [-0.4, -0.2) is 47.5 Å². The Kier molecular flexibility index (Phi) is 8.99. The Balaban J connectivity index is 1.57. The molecule has 0 aromatic rings. The molecule has 6 atom stereocenters. The maximum Gasteiger partial charge on any atom is 0.245 e. The van der Waals surface area contributed by atoms with Crippen LogP contribution in [0.15, 0.2) is 23.3 Å². The summed E-state index contributed by atoms with van der Waals surface area (Å²) in [6.45, 7) is 4.95. The van der Waals surface area contributed by atoms with Crippen LogP contribution in [0.4, 0.5) is 0 Å². The molecule has 0 saturated heterocycles. The summed E-state index contributed by atoms with van der Waals surface area (Å²) in [5.41, 5.74) is 3.15. The van der Waals surface area contributed by atoms with Crippen LogP contribution in [0.3, 0.4) is 0 Å². The summed E-state index contributed by atoms with van der Waals surface area (Å²) in [6.07, 6.45) is 15.8. The quantitative estimate of drug-likeness (QED) is 0.397. The van der Waals surface area contributed by atoms with E-state index in [2.05, 4.69) is 26.0 Å². The number of hydrogen-bond donors (Lipinski definition) is 2. The molecule has 0 aromatic heterocycles. The average Bonchev–Trinajstić information content (AvgIpc) is 3.11. The van der Waals surface area contributed by atoms with E-state index in [-0.39, 0.29) is 5.91 Å². The van der Waals surface area contributed by atoms with Gasteiger partial charge in [0.1, 0.15) is 0 Å². The molecule has 3 aliphatic carbocycles. The highest BCUT2D eigenvalue weighted by Gasteiger charge is 2.50. The van der Waals surface area contributed by atoms with Gasteiger partial charge in [0.15, 0.2) is 0 Å². The van der Waals surface area contributed by atoms with Gasteiger partial charge in [-0.3, -0.25) is 9.63 Å². The molecule has 32 heavy (non-hydrogen) atoms. The van der Waals surface area contributed by atoms with E-state index in [0.717, 1.165) is 18.8 Å². The van der Waals surface area contributed by atoms with Crippen LogP contribution < -0.4 is 0 Å². The number of carbonyl (C=O) groups excluding carboxylic acids is 1. The highest BCUT2D eigenvalue weighted by molar-refractivity contribution is 5.74. The number of fused-ring (bicyclic) bond motifs is 1. The number of amides is 1. The van der Waals surface area contributed by atoms with Gasteiger partial charge in [-0.1, -0.05) is 50.0 Å². The van der Waals surface area contributed by atoms with Crippen LogP contribution in [0.5, 0.6) is 0 Å². The Labute approximate surface area is 194 Å². The van der Waals surface area contributed by atoms with Crippen LogP contribution in [0, 0.1) is 23.2 Å². The number of allylic oxidation sites excluding steroid dienone is 3. The smallest absolute Gasteiger partial charge is 0.245 e. The first-order valence-corrected chi connectivity index (χ1v) is 12.8. The first-order chi connectivity index (χ1) is 15.2. The highest BCUT2D eigenvalue weighted by atomic mass is 16.7. The molecule has 3 aliphatic rings. The molecule has 3 saturated carbocycles. The lowest BCUT2D eigenvalue weighted by molar-refractivity contribution is -0.168. The van der Waals surface area contributed by atoms with Crippen molar-refractivity contribution in [3.63, 3.8) is 0 Å². The van der Waals surface area contributed by atoms with E-state index in [1.807, 2.05) is 0 Å². The van der Waals surface area contributed by atoms with Crippen molar-refractivity contribution in [2.45, 2.75) is 103 Å². The molecule has 0 spiro atoms. The van der Waals surface area contributed by atoms with Crippen molar-refractivity contribution in [1.29, 1.82) is 0 Å². The standard InChI is InChI=1S/C27H45NO4/c1-19(8-5-6-10-26(31)28(3)32-4)24-13-14-25-21(9-7-15-27(24,25)2)12-11-20-16-22(29)18-23(30)17-20/h11-12,19,22-25,29-30H,5-10,13-18H2,1-4H3/b21-12+/t19-,22-,23-,24-,25+,27-/m1/s1. The van der Waals surface area contributed by atoms with Gasteiger partial charge in [0.2, 0.25) is 5.91 Å². The van der Waals surface area contributed by atoms with Gasteiger partial charge < -0.3 is 10.2 Å². The number of carbonyl (C=O) groups is 1. The maximum absolute atomic E-state index is 11.9. The number of unbranched alkanes of at least 4 members (excludes halogenated alkanes) is 1. The zero-order chi connectivity index (χ0) is 23.3. The van der Waals surface area contributed by atoms with Crippen molar-refractivity contribution < 1.29 is 19.8 Å². The predicted molar refractivity (Wildman–Crippen MR) is 128 cm³/mol. The van der Waals surface area contributed by atoms with E-state index in [9.17, 15) is 15.0 Å². The lowest BCUT2D eigenvalue weighted by Crippen LogP contribution is -2.36. The minimum absolute atomic E-state index is 0.0576. The number of hydrogen-bond acceptors (Lipinski definition) is 4. The summed E-state index contributed by atoms with van der Waals surface area (Å²) in [5, 5.41) is 21.3. The van der Waals surface area contributed by atoms with Crippen LogP contribution in [-0.2, 0) is 9.63 Å². The Morgan fingerprint density at radius 1 is 1.22 bits per heavy atom. The SMILES string of the molecule is CON(C)C(=O)CCCC[C@@H](C)[C@H]1CC[C@H]2/C(=C/C=C3C[C@@H](O)C[C@H](O)C3)CCC[C@]12C. The monoisotopic (exact) mass is 447 g/mol. The number of aliphatic hydroxyl groups excluding tert-OH is 2. The van der Waals surface area contributed by atoms with Crippen molar-refractivity contribution in [2.75, 3.05) is 14.2 Å². The highest BCUT2D eigenvalue weighted by Crippen LogP contribution is 2.59. The Morgan fingerprint density at radius 3 is 2.62 bits per heavy atom. The predicted octanol–water partition coefficient (Wildman–Crippen LogP) is 5.18. The molecule has 3 rings (SSSR count). The van der Waals surface area contributed by atoms with Gasteiger partial charge in [-0.15, -0.1) is 0 Å². The largest absolute Gasteiger partial charge is 0.393 e. The van der Waals surface area contributed by atoms with Crippen molar-refractivity contribution >= 4 is 5.91 Å². The molecule has 1 amide bonds. The molecule has 3 fully saturated rings. The zero-order valence-electron chi connectivity index (χ0n) is 20.7. The van der Waals surface area contributed by atoms with E-state index < -0.39 is 12.2 Å². The van der Waals surface area contributed by atoms with Crippen LogP contribution in [0.2, 0.25) is 0 Å². The summed E-state index contributed by atoms with van der Waals surface area (Å²) in [4.78, 5) is 16.9. The van der Waals surface area contributed by atoms with Gasteiger partial charge in [0, 0.05) is 13.5 Å². The number of aliphatic hydroxyl groups is 2. The third-order valence-corrected chi connectivity index (χ3v) is 8.72. The molecule has 0 aliphatic heterocycles. The molecule has 0 radical (unpaired) electrons. The molecule has 182 valence electrons. The Hall–Kier alpha value is -1.17. The maximum atomic E-state index is 11.9. The number of nitrogens with zero attached hydrogens (tertiary/aromatic N) is 1. The average molecular weight is 448 g/mol. The van der Waals surface area contributed by atoms with E-state index in [0.29, 0.717) is 42.9 Å². The molecule has 0 aromatic carbocycles. The summed E-state index contributed by atoms with van der Waals surface area (Å²) in [5.74, 6) is 2.15. The lowest BCUT2D eigenvalue weighted by atomic mass is 9.60. The van der Waals surface area contributed by atoms with Gasteiger partial charge in [0.05, 0.1) is 19.3 Å². The van der Waals surface area contributed by atoms with E-state index in [1.165, 1.54) is 56.3 Å². The van der Waals surface area contributed by atoms with E-state index >= 15 is 0 Å². The second-order valence-electron chi connectivity index (χ2n) is 10.9. The van der Waals surface area contributed by atoms with Crippen LogP contribution in [0.25, 0.3) is 0 Å². The van der Waals surface area contributed by atoms with Crippen molar-refractivity contribution in [2.24, 2.45) is 23.2 Å². The fraction of sp³-hybridized carbons (Fsp3) is 0.815. The molecule has 0 bridgehead atoms. The summed E-state index contributed by atoms with van der Waals surface area (Å²) in [6, 6.07) is 0. The number of rotatable bonds is 8. The summed E-state index contributed by atoms with van der Waals surface area (Å²) < 4.78 is 0. The third-order valence-electron chi connectivity index (χ3n) is 8.72. The second-order valence-corrected chi connectivity index (χ2v) is 10.9. The molecular formula is C27H45NO4. The third kappa shape index (κ3) is 6.03. The Morgan fingerprint density at radius 2 is 1.94 bits per heavy atom. The molecular weight excluding hydrogens is 402 g/mol. The molecule has 0 heterocycles. The minimum atomic E-state index is -0.401. The van der Waals surface area contributed by atoms with Crippen molar-refractivity contribution in [3.8, 4) is 0 Å². The summed E-state index contributed by atoms with van der Waals surface area (Å²) >= 11 is 0. The van der Waals surface area contributed by atoms with Gasteiger partial charge in [-0.25, -0.2) is 5.06 Å². The van der Waals surface area contributed by atoms with Gasteiger partial charge in [0.25, 0.3) is 0 Å². The van der Waals surface area contributed by atoms with Gasteiger partial charge >= 0.3 is 0 Å². The van der Waals surface area contributed by atoms with E-state index in [4.69, 9.17) is 4.84 Å². The second kappa shape index (κ2) is 11.3. The fourth-order valence-electron chi connectivity index (χ4n) is 6.95. The molecule has 2 N–H and O–H groups in total. The Bertz CT molecular complexity index is 690. The van der Waals surface area contributed by atoms with Crippen LogP contribution >= 0.6 is 0 Å².